The van der Waals surface area contributed by atoms with Crippen molar-refractivity contribution in [1.29, 1.82) is 0 Å². The number of hydrogen-bond acceptors (Lipinski definition) is 5. The summed E-state index contributed by atoms with van der Waals surface area (Å²) in [7, 11) is 0. The normalized spacial score (nSPS) is 14.2. The maximum Gasteiger partial charge on any atom is 0.260 e. The summed E-state index contributed by atoms with van der Waals surface area (Å²) in [6, 6.07) is 11.7. The van der Waals surface area contributed by atoms with E-state index in [4.69, 9.17) is 37.1 Å². The lowest BCUT2D eigenvalue weighted by atomic mass is 10.1. The highest BCUT2D eigenvalue weighted by atomic mass is 35.5. The van der Waals surface area contributed by atoms with Crippen LogP contribution in [0.1, 0.15) is 0 Å². The Hall–Kier alpha value is -2.54. The molecular weight excluding hydrogens is 417 g/mol. The van der Waals surface area contributed by atoms with Crippen LogP contribution in [0.4, 0.5) is 0 Å². The number of ether oxygens (including phenoxy) is 2. The summed E-state index contributed by atoms with van der Waals surface area (Å²) in [5, 5.41) is 1.06. The molecule has 1 aliphatic rings. The van der Waals surface area contributed by atoms with Gasteiger partial charge in [-0.25, -0.2) is 0 Å². The van der Waals surface area contributed by atoms with Crippen molar-refractivity contribution in [3.05, 3.63) is 62.7 Å². The molecule has 1 aliphatic heterocycles. The van der Waals surface area contributed by atoms with Crippen molar-refractivity contribution in [3.63, 3.8) is 0 Å². The number of nitrogens with zero attached hydrogens (tertiary/aromatic N) is 1. The van der Waals surface area contributed by atoms with E-state index in [9.17, 15) is 9.59 Å². The molecule has 0 atom stereocenters. The highest BCUT2D eigenvalue weighted by molar-refractivity contribution is 6.33. The first-order valence-electron chi connectivity index (χ1n) is 9.04. The van der Waals surface area contributed by atoms with Crippen molar-refractivity contribution in [2.45, 2.75) is 0 Å². The number of morpholine rings is 1. The Morgan fingerprint density at radius 1 is 1.10 bits per heavy atom. The van der Waals surface area contributed by atoms with Crippen molar-refractivity contribution in [1.82, 2.24) is 4.90 Å². The third kappa shape index (κ3) is 4.10. The number of fused-ring (bicyclic) bond motifs is 1. The van der Waals surface area contributed by atoms with Gasteiger partial charge in [0.15, 0.2) is 12.4 Å². The number of carbonyl (C=O) groups is 1. The van der Waals surface area contributed by atoms with Gasteiger partial charge in [-0.05, 0) is 30.3 Å². The van der Waals surface area contributed by atoms with Gasteiger partial charge in [0.2, 0.25) is 11.2 Å². The zero-order valence-corrected chi connectivity index (χ0v) is 16.8. The summed E-state index contributed by atoms with van der Waals surface area (Å²) < 4.78 is 16.9. The van der Waals surface area contributed by atoms with Crippen LogP contribution in [0.3, 0.4) is 0 Å². The standard InChI is InChI=1S/C21H17Cl2NO5/c22-13-5-6-17-15(11-13)19(26)21(20(29-17)14-3-1-2-4-16(14)23)28-12-18(25)24-7-9-27-10-8-24/h1-6,11H,7-10,12H2. The largest absolute Gasteiger partial charge is 0.476 e. The highest BCUT2D eigenvalue weighted by Crippen LogP contribution is 2.35. The van der Waals surface area contributed by atoms with Crippen LogP contribution in [0.5, 0.6) is 5.75 Å². The van der Waals surface area contributed by atoms with E-state index >= 15 is 0 Å². The second-order valence-corrected chi connectivity index (χ2v) is 7.34. The molecule has 0 radical (unpaired) electrons. The number of benzene rings is 2. The average Bonchev–Trinajstić information content (AvgIpc) is 2.74. The van der Waals surface area contributed by atoms with Gasteiger partial charge < -0.3 is 18.8 Å². The number of hydrogen-bond donors (Lipinski definition) is 0. The van der Waals surface area contributed by atoms with Gasteiger partial charge in [0.1, 0.15) is 5.58 Å². The molecule has 0 N–H and O–H groups in total. The van der Waals surface area contributed by atoms with E-state index < -0.39 is 5.43 Å². The van der Waals surface area contributed by atoms with E-state index in [0.717, 1.165) is 0 Å². The van der Waals surface area contributed by atoms with E-state index in [1.807, 2.05) is 0 Å². The number of amides is 1. The molecule has 0 aliphatic carbocycles. The van der Waals surface area contributed by atoms with Crippen molar-refractivity contribution in [3.8, 4) is 17.1 Å². The van der Waals surface area contributed by atoms with E-state index in [0.29, 0.717) is 47.5 Å². The molecule has 1 aromatic heterocycles. The van der Waals surface area contributed by atoms with E-state index in [2.05, 4.69) is 0 Å². The van der Waals surface area contributed by atoms with Gasteiger partial charge in [0.05, 0.1) is 23.6 Å². The van der Waals surface area contributed by atoms with E-state index in [-0.39, 0.29) is 29.4 Å². The summed E-state index contributed by atoms with van der Waals surface area (Å²) in [5.74, 6) is -0.135. The van der Waals surface area contributed by atoms with Crippen molar-refractivity contribution in [2.75, 3.05) is 32.9 Å². The second-order valence-electron chi connectivity index (χ2n) is 6.49. The molecule has 8 heteroatoms. The molecule has 0 bridgehead atoms. The van der Waals surface area contributed by atoms with Gasteiger partial charge in [-0.15, -0.1) is 0 Å². The van der Waals surface area contributed by atoms with Crippen LogP contribution in [0.2, 0.25) is 10.0 Å². The summed E-state index contributed by atoms with van der Waals surface area (Å²) in [4.78, 5) is 27.3. The lowest BCUT2D eigenvalue weighted by molar-refractivity contribution is -0.137. The molecule has 0 saturated carbocycles. The molecule has 3 aromatic rings. The molecule has 1 amide bonds. The van der Waals surface area contributed by atoms with E-state index in [1.54, 1.807) is 41.3 Å². The van der Waals surface area contributed by atoms with Gasteiger partial charge in [-0.3, -0.25) is 9.59 Å². The van der Waals surface area contributed by atoms with Crippen LogP contribution < -0.4 is 10.2 Å². The first kappa shape index (κ1) is 19.8. The Kier molecular flexibility index (Phi) is 5.76. The van der Waals surface area contributed by atoms with Gasteiger partial charge >= 0.3 is 0 Å². The van der Waals surface area contributed by atoms with Gasteiger partial charge in [0.25, 0.3) is 5.91 Å². The molecule has 2 aromatic carbocycles. The second kappa shape index (κ2) is 8.45. The predicted octanol–water partition coefficient (Wildman–Crippen LogP) is 4.00. The molecule has 1 saturated heterocycles. The Morgan fingerprint density at radius 3 is 2.62 bits per heavy atom. The van der Waals surface area contributed by atoms with Crippen molar-refractivity contribution >= 4 is 40.1 Å². The zero-order chi connectivity index (χ0) is 20.4. The number of rotatable bonds is 4. The minimum atomic E-state index is -0.418. The maximum atomic E-state index is 13.1. The van der Waals surface area contributed by atoms with Gasteiger partial charge in [-0.1, -0.05) is 35.3 Å². The minimum absolute atomic E-state index is 0.0746. The third-order valence-corrected chi connectivity index (χ3v) is 5.20. The fourth-order valence-electron chi connectivity index (χ4n) is 3.14. The van der Waals surface area contributed by atoms with Crippen molar-refractivity contribution in [2.24, 2.45) is 0 Å². The van der Waals surface area contributed by atoms with Crippen LogP contribution >= 0.6 is 23.2 Å². The lowest BCUT2D eigenvalue weighted by Gasteiger charge is -2.26. The van der Waals surface area contributed by atoms with Crippen molar-refractivity contribution < 1.29 is 18.7 Å². The third-order valence-electron chi connectivity index (χ3n) is 4.63. The molecular formula is C21H17Cl2NO5. The first-order valence-corrected chi connectivity index (χ1v) is 9.80. The van der Waals surface area contributed by atoms with Crippen LogP contribution in [-0.4, -0.2) is 43.7 Å². The molecule has 29 heavy (non-hydrogen) atoms. The average molecular weight is 434 g/mol. The summed E-state index contributed by atoms with van der Waals surface area (Å²) in [6.45, 7) is 1.64. The molecule has 0 unspecified atom stereocenters. The summed E-state index contributed by atoms with van der Waals surface area (Å²) in [6.07, 6.45) is 0. The maximum absolute atomic E-state index is 13.1. The Labute approximate surface area is 176 Å². The van der Waals surface area contributed by atoms with Gasteiger partial charge in [-0.2, -0.15) is 0 Å². The fraction of sp³-hybridized carbons (Fsp3) is 0.238. The highest BCUT2D eigenvalue weighted by Gasteiger charge is 2.23. The van der Waals surface area contributed by atoms with Crippen LogP contribution in [0.15, 0.2) is 51.7 Å². The number of halogens is 2. The van der Waals surface area contributed by atoms with Crippen LogP contribution in [0.25, 0.3) is 22.3 Å². The predicted molar refractivity (Wildman–Crippen MR) is 111 cm³/mol. The van der Waals surface area contributed by atoms with E-state index in [1.165, 1.54) is 6.07 Å². The van der Waals surface area contributed by atoms with Crippen LogP contribution in [-0.2, 0) is 9.53 Å². The lowest BCUT2D eigenvalue weighted by Crippen LogP contribution is -2.43. The quantitative estimate of drug-likeness (QED) is 0.621. The van der Waals surface area contributed by atoms with Crippen LogP contribution in [0, 0.1) is 0 Å². The molecule has 0 spiro atoms. The minimum Gasteiger partial charge on any atom is -0.476 e. The summed E-state index contributed by atoms with van der Waals surface area (Å²) in [5.41, 5.74) is 0.427. The SMILES string of the molecule is O=C(COc1c(-c2ccccc2Cl)oc2ccc(Cl)cc2c1=O)N1CCOCC1. The smallest absolute Gasteiger partial charge is 0.260 e. The Morgan fingerprint density at radius 2 is 1.86 bits per heavy atom. The fourth-order valence-corrected chi connectivity index (χ4v) is 3.54. The topological polar surface area (TPSA) is 69.0 Å². The summed E-state index contributed by atoms with van der Waals surface area (Å²) >= 11 is 12.4. The number of carbonyl (C=O) groups excluding carboxylic acids is 1. The van der Waals surface area contributed by atoms with Gasteiger partial charge in [0, 0.05) is 23.7 Å². The molecule has 150 valence electrons. The first-order chi connectivity index (χ1) is 14.0. The Bertz CT molecular complexity index is 1120. The molecule has 6 nitrogen and oxygen atoms in total. The Balaban J connectivity index is 1.76. The zero-order valence-electron chi connectivity index (χ0n) is 15.3. The monoisotopic (exact) mass is 433 g/mol. The molecule has 4 rings (SSSR count). The molecule has 2 heterocycles. The molecule has 1 fully saturated rings.